The van der Waals surface area contributed by atoms with E-state index in [2.05, 4.69) is 21.3 Å². The average Bonchev–Trinajstić information content (AvgIpc) is 3.05. The molecule has 2 unspecified atom stereocenters. The van der Waals surface area contributed by atoms with Crippen LogP contribution in [0.2, 0.25) is 0 Å². The van der Waals surface area contributed by atoms with Crippen molar-refractivity contribution >= 4 is 41.1 Å². The summed E-state index contributed by atoms with van der Waals surface area (Å²) in [4.78, 5) is 85.0. The number of likely N-dealkylation sites (N-methyl/N-ethyl adjacent to an activating group) is 1. The van der Waals surface area contributed by atoms with Gasteiger partial charge in [0.2, 0.25) is 29.5 Å². The van der Waals surface area contributed by atoms with Gasteiger partial charge in [-0.25, -0.2) is 0 Å². The van der Waals surface area contributed by atoms with Gasteiger partial charge in [-0.15, -0.1) is 0 Å². The fraction of sp³-hybridized carbons (Fsp3) is 0.486. The van der Waals surface area contributed by atoms with Crippen LogP contribution in [0.3, 0.4) is 0 Å². The summed E-state index contributed by atoms with van der Waals surface area (Å²) in [5, 5.41) is 10.9. The molecule has 252 valence electrons. The largest absolute Gasteiger partial charge is 0.343 e. The Morgan fingerprint density at radius 2 is 1.40 bits per heavy atom. The summed E-state index contributed by atoms with van der Waals surface area (Å²) in [5.41, 5.74) is 1.24. The van der Waals surface area contributed by atoms with Gasteiger partial charge < -0.3 is 31.1 Å². The minimum Gasteiger partial charge on any atom is -0.343 e. The summed E-state index contributed by atoms with van der Waals surface area (Å²) in [7, 11) is 1.56. The second-order valence-corrected chi connectivity index (χ2v) is 12.9. The fourth-order valence-electron chi connectivity index (χ4n) is 5.99. The number of piperidine rings is 1. The molecule has 12 nitrogen and oxygen atoms in total. The van der Waals surface area contributed by atoms with Gasteiger partial charge in [-0.2, -0.15) is 0 Å². The number of hydrogen-bond donors (Lipinski definition) is 4. The van der Waals surface area contributed by atoms with E-state index in [1.54, 1.807) is 31.3 Å². The number of nitrogens with zero attached hydrogens (tertiary/aromatic N) is 2. The standard InChI is InChI=1S/C35H46N6O6/c1-21(2)19-29-33(45)39-27(20-24-13-7-6-8-14-24)32(44)37-22(3)30(42)36-23(4)31(43)38-26-16-10-9-15-25(26)34(46)41-18-12-11-17-28(41)35(47)40(29)5/h6-10,13-16,21-23,27-29H,11-12,17-20H2,1-5H3,(H,36,42)(H,37,44)(H,38,43)(H,39,45)/t22-,23+,27?,28-,29?/m0/s1. The molecule has 0 aliphatic carbocycles. The van der Waals surface area contributed by atoms with E-state index in [4.69, 9.17) is 0 Å². The van der Waals surface area contributed by atoms with Crippen LogP contribution >= 0.6 is 0 Å². The van der Waals surface area contributed by atoms with Gasteiger partial charge in [0.1, 0.15) is 30.2 Å². The van der Waals surface area contributed by atoms with Crippen LogP contribution in [0.25, 0.3) is 0 Å². The van der Waals surface area contributed by atoms with Gasteiger partial charge in [-0.3, -0.25) is 28.8 Å². The van der Waals surface area contributed by atoms with E-state index in [1.807, 2.05) is 44.2 Å². The Kier molecular flexibility index (Phi) is 11.7. The number of hydrogen-bond acceptors (Lipinski definition) is 6. The molecule has 4 rings (SSSR count). The molecule has 1 fully saturated rings. The van der Waals surface area contributed by atoms with E-state index < -0.39 is 59.7 Å². The maximum absolute atomic E-state index is 14.2. The number of anilines is 1. The molecule has 2 aromatic carbocycles. The summed E-state index contributed by atoms with van der Waals surface area (Å²) in [6.07, 6.45) is 2.30. The number of fused-ring (bicyclic) bond motifs is 2. The lowest BCUT2D eigenvalue weighted by molar-refractivity contribution is -0.144. The lowest BCUT2D eigenvalue weighted by atomic mass is 9.96. The third kappa shape index (κ3) is 8.75. The van der Waals surface area contributed by atoms with Crippen LogP contribution in [0.4, 0.5) is 5.69 Å². The maximum Gasteiger partial charge on any atom is 0.256 e. The Morgan fingerprint density at radius 1 is 0.766 bits per heavy atom. The second kappa shape index (κ2) is 15.7. The lowest BCUT2D eigenvalue weighted by Gasteiger charge is -2.39. The molecule has 0 radical (unpaired) electrons. The number of carbonyl (C=O) groups excluding carboxylic acids is 6. The molecule has 12 heteroatoms. The Bertz CT molecular complexity index is 1480. The Balaban J connectivity index is 1.75. The van der Waals surface area contributed by atoms with Crippen LogP contribution in [0.5, 0.6) is 0 Å². The highest BCUT2D eigenvalue weighted by atomic mass is 16.2. The third-order valence-corrected chi connectivity index (χ3v) is 8.70. The van der Waals surface area contributed by atoms with E-state index >= 15 is 0 Å². The van der Waals surface area contributed by atoms with Crippen molar-refractivity contribution in [1.82, 2.24) is 25.8 Å². The summed E-state index contributed by atoms with van der Waals surface area (Å²) in [6.45, 7) is 7.20. The molecule has 47 heavy (non-hydrogen) atoms. The smallest absolute Gasteiger partial charge is 0.256 e. The van der Waals surface area contributed by atoms with Crippen molar-refractivity contribution in [2.45, 2.75) is 90.0 Å². The van der Waals surface area contributed by atoms with Crippen LogP contribution < -0.4 is 21.3 Å². The topological polar surface area (TPSA) is 157 Å². The third-order valence-electron chi connectivity index (χ3n) is 8.70. The highest BCUT2D eigenvalue weighted by molar-refractivity contribution is 6.07. The van der Waals surface area contributed by atoms with E-state index in [9.17, 15) is 28.8 Å². The molecular weight excluding hydrogens is 600 g/mol. The van der Waals surface area contributed by atoms with Gasteiger partial charge in [0.25, 0.3) is 5.91 Å². The molecule has 0 saturated carbocycles. The van der Waals surface area contributed by atoms with Gasteiger partial charge in [-0.1, -0.05) is 56.3 Å². The number of para-hydroxylation sites is 1. The monoisotopic (exact) mass is 646 g/mol. The minimum atomic E-state index is -1.07. The van der Waals surface area contributed by atoms with Gasteiger partial charge in [0.05, 0.1) is 11.3 Å². The number of benzene rings is 2. The molecule has 5 atom stereocenters. The number of rotatable bonds is 4. The molecule has 0 aromatic heterocycles. The van der Waals surface area contributed by atoms with Gasteiger partial charge >= 0.3 is 0 Å². The van der Waals surface area contributed by atoms with E-state index in [-0.39, 0.29) is 29.5 Å². The number of carbonyl (C=O) groups is 6. The first-order valence-electron chi connectivity index (χ1n) is 16.3. The Hall–Kier alpha value is -4.74. The Labute approximate surface area is 276 Å². The number of amides is 6. The van der Waals surface area contributed by atoms with Crippen LogP contribution in [-0.4, -0.2) is 89.0 Å². The van der Waals surface area contributed by atoms with Crippen molar-refractivity contribution in [1.29, 1.82) is 0 Å². The predicted molar refractivity (Wildman–Crippen MR) is 177 cm³/mol. The predicted octanol–water partition coefficient (Wildman–Crippen LogP) is 2.24. The van der Waals surface area contributed by atoms with E-state index in [1.165, 1.54) is 23.6 Å². The lowest BCUT2D eigenvalue weighted by Crippen LogP contribution is -2.60. The van der Waals surface area contributed by atoms with Crippen LogP contribution in [0.15, 0.2) is 54.6 Å². The SMILES string of the molecule is CC(C)CC1C(=O)NC(Cc2ccccc2)C(=O)N[C@@H](C)C(=O)N[C@H](C)C(=O)Nc2ccccc2C(=O)N2CCCC[C@H]2C(=O)N1C. The fourth-order valence-corrected chi connectivity index (χ4v) is 5.99. The molecule has 2 heterocycles. The zero-order valence-electron chi connectivity index (χ0n) is 27.7. The highest BCUT2D eigenvalue weighted by Gasteiger charge is 2.39. The van der Waals surface area contributed by atoms with Crippen molar-refractivity contribution in [2.24, 2.45) is 5.92 Å². The average molecular weight is 647 g/mol. The maximum atomic E-state index is 14.2. The molecule has 1 saturated heterocycles. The summed E-state index contributed by atoms with van der Waals surface area (Å²) >= 11 is 0. The minimum absolute atomic E-state index is 0.0225. The summed E-state index contributed by atoms with van der Waals surface area (Å²) in [5.74, 6) is -3.04. The van der Waals surface area contributed by atoms with Crippen LogP contribution in [0, 0.1) is 5.92 Å². The van der Waals surface area contributed by atoms with Crippen LogP contribution in [0.1, 0.15) is 69.3 Å². The van der Waals surface area contributed by atoms with Gasteiger partial charge in [-0.05, 0) is 63.1 Å². The molecule has 2 aliphatic rings. The van der Waals surface area contributed by atoms with Crippen molar-refractivity contribution in [3.05, 3.63) is 65.7 Å². The molecular formula is C35H46N6O6. The first-order valence-corrected chi connectivity index (χ1v) is 16.3. The molecule has 2 aliphatic heterocycles. The van der Waals surface area contributed by atoms with Crippen molar-refractivity contribution in [3.8, 4) is 0 Å². The highest BCUT2D eigenvalue weighted by Crippen LogP contribution is 2.26. The zero-order chi connectivity index (χ0) is 34.2. The molecule has 0 bridgehead atoms. The molecule has 4 N–H and O–H groups in total. The molecule has 6 amide bonds. The number of nitrogens with one attached hydrogen (secondary N) is 4. The van der Waals surface area contributed by atoms with E-state index in [0.717, 1.165) is 12.0 Å². The molecule has 2 aromatic rings. The first kappa shape index (κ1) is 35.1. The Morgan fingerprint density at radius 3 is 2.11 bits per heavy atom. The first-order chi connectivity index (χ1) is 22.4. The van der Waals surface area contributed by atoms with Crippen molar-refractivity contribution in [2.75, 3.05) is 18.9 Å². The van der Waals surface area contributed by atoms with Crippen molar-refractivity contribution in [3.63, 3.8) is 0 Å². The summed E-state index contributed by atoms with van der Waals surface area (Å²) in [6, 6.07) is 10.8. The van der Waals surface area contributed by atoms with Gasteiger partial charge in [0.15, 0.2) is 0 Å². The van der Waals surface area contributed by atoms with Crippen molar-refractivity contribution < 1.29 is 28.8 Å². The van der Waals surface area contributed by atoms with Crippen LogP contribution in [-0.2, 0) is 30.4 Å². The quantitative estimate of drug-likeness (QED) is 0.399. The van der Waals surface area contributed by atoms with E-state index in [0.29, 0.717) is 25.8 Å². The second-order valence-electron chi connectivity index (χ2n) is 12.9. The summed E-state index contributed by atoms with van der Waals surface area (Å²) < 4.78 is 0. The normalized spacial score (nSPS) is 25.4. The van der Waals surface area contributed by atoms with Gasteiger partial charge in [0, 0.05) is 20.0 Å². The zero-order valence-corrected chi connectivity index (χ0v) is 27.7. The molecule has 0 spiro atoms.